The molecule has 0 atom stereocenters. The van der Waals surface area contributed by atoms with Crippen LogP contribution >= 0.6 is 0 Å². The number of hydrogen-bond acceptors (Lipinski definition) is 4. The van der Waals surface area contributed by atoms with Crippen molar-refractivity contribution in [3.05, 3.63) is 12.2 Å². The van der Waals surface area contributed by atoms with Gasteiger partial charge in [-0.3, -0.25) is 0 Å². The van der Waals surface area contributed by atoms with Gasteiger partial charge in [-0.25, -0.2) is 0 Å². The zero-order valence-electron chi connectivity index (χ0n) is 8.94. The molecule has 0 spiro atoms. The van der Waals surface area contributed by atoms with E-state index in [4.69, 9.17) is 6.15 Å². The van der Waals surface area contributed by atoms with Crippen LogP contribution in [-0.2, 0) is 15.7 Å². The van der Waals surface area contributed by atoms with E-state index >= 15 is 0 Å². The van der Waals surface area contributed by atoms with E-state index in [1.807, 2.05) is 19.8 Å². The Bertz CT molecular complexity index is 211. The quantitative estimate of drug-likeness (QED) is 0.500. The molecule has 0 amide bonds. The Balaban J connectivity index is 3.92. The third-order valence-electron chi connectivity index (χ3n) is 1.06. The summed E-state index contributed by atoms with van der Waals surface area (Å²) in [5, 5.41) is 0. The van der Waals surface area contributed by atoms with Crippen LogP contribution in [0.25, 0.3) is 0 Å². The first-order valence-corrected chi connectivity index (χ1v) is 20.4. The zero-order valence-corrected chi connectivity index (χ0v) is 15.5. The molecule has 0 fully saturated rings. The van der Waals surface area contributed by atoms with Gasteiger partial charge < -0.3 is 0 Å². The van der Waals surface area contributed by atoms with Crippen molar-refractivity contribution in [3.63, 3.8) is 0 Å². The zero-order chi connectivity index (χ0) is 11.1. The van der Waals surface area contributed by atoms with Gasteiger partial charge in [0.15, 0.2) is 0 Å². The molecule has 80 valence electrons. The van der Waals surface area contributed by atoms with Gasteiger partial charge in [0, 0.05) is 0 Å². The van der Waals surface area contributed by atoms with E-state index in [0.29, 0.717) is 0 Å². The van der Waals surface area contributed by atoms with Crippen molar-refractivity contribution >= 4 is 52.3 Å². The molecule has 14 heavy (non-hydrogen) atoms. The molecule has 0 aliphatic heterocycles. The molecular weight excluding hydrogens is 398 g/mol. The molecule has 0 unspecified atom stereocenters. The summed E-state index contributed by atoms with van der Waals surface area (Å²) in [4.78, 5) is 29.8. The second kappa shape index (κ2) is 7.55. The van der Waals surface area contributed by atoms with Gasteiger partial charge in [0.25, 0.3) is 0 Å². The van der Waals surface area contributed by atoms with Crippen molar-refractivity contribution in [2.24, 2.45) is 0 Å². The molecule has 0 aromatic heterocycles. The molecule has 0 radical (unpaired) electrons. The molecule has 4 nitrogen and oxygen atoms in total. The van der Waals surface area contributed by atoms with Crippen molar-refractivity contribution in [3.8, 4) is 0 Å². The Kier molecular flexibility index (Phi) is 7.70. The molecule has 0 aliphatic carbocycles. The molecule has 0 aromatic carbocycles. The third-order valence-corrected chi connectivity index (χ3v) is 5.08. The van der Waals surface area contributed by atoms with Crippen LogP contribution in [0, 0.1) is 0 Å². The molecule has 0 saturated carbocycles. The first-order valence-electron chi connectivity index (χ1n) is 4.51. The Labute approximate surface area is 99.2 Å². The molecule has 6 heteroatoms. The predicted octanol–water partition coefficient (Wildman–Crippen LogP) is 0.596. The topological polar surface area (TPSA) is 52.6 Å². The van der Waals surface area contributed by atoms with E-state index in [-0.39, 0.29) is 0 Å². The van der Waals surface area contributed by atoms with Gasteiger partial charge in [0.2, 0.25) is 0 Å². The van der Waals surface area contributed by atoms with Gasteiger partial charge in [0.1, 0.15) is 0 Å². The maximum absolute atomic E-state index is 11.0. The van der Waals surface area contributed by atoms with Crippen molar-refractivity contribution in [2.45, 2.75) is 19.8 Å². The summed E-state index contributed by atoms with van der Waals surface area (Å²) in [6.07, 6.45) is 2.29. The van der Waals surface area contributed by atoms with Gasteiger partial charge in [-0.15, -0.1) is 0 Å². The van der Waals surface area contributed by atoms with Crippen LogP contribution in [0.3, 0.4) is 0 Å². The Hall–Kier alpha value is 0.277. The minimum atomic E-state index is -1.97. The summed E-state index contributed by atoms with van der Waals surface area (Å²) in [7, 11) is 0. The molecule has 0 aromatic rings. The summed E-state index contributed by atoms with van der Waals surface area (Å²) in [5.41, 5.74) is 0. The van der Waals surface area contributed by atoms with Crippen LogP contribution in [0.15, 0.2) is 12.2 Å². The number of carbonyl (C=O) groups is 2. The second-order valence-corrected chi connectivity index (χ2v) is 16.6. The van der Waals surface area contributed by atoms with Crippen LogP contribution < -0.4 is 0 Å². The van der Waals surface area contributed by atoms with Crippen LogP contribution in [-0.4, -0.2) is 52.3 Å². The number of rotatable bonds is 4. The molecule has 0 heterocycles. The van der Waals surface area contributed by atoms with Crippen LogP contribution in [0.5, 0.6) is 0 Å². The van der Waals surface area contributed by atoms with E-state index in [1.165, 1.54) is 0 Å². The third kappa shape index (κ3) is 8.86. The summed E-state index contributed by atoms with van der Waals surface area (Å²) in [5.74, 6) is -0.849. The summed E-state index contributed by atoms with van der Waals surface area (Å²) in [6.45, 7) is 0. The average Bonchev–Trinajstić information content (AvgIpc) is 1.98. The minimum absolute atomic E-state index is 0.424. The Morgan fingerprint density at radius 2 is 1.14 bits per heavy atom. The van der Waals surface area contributed by atoms with Crippen molar-refractivity contribution < 1.29 is 15.7 Å². The van der Waals surface area contributed by atoms with Gasteiger partial charge >= 0.3 is 99.9 Å². The Morgan fingerprint density at radius 3 is 1.36 bits per heavy atom. The van der Waals surface area contributed by atoms with Gasteiger partial charge in [-0.05, 0) is 0 Å². The first-order chi connectivity index (χ1) is 6.41. The van der Waals surface area contributed by atoms with Gasteiger partial charge in [-0.2, -0.15) is 0 Å². The molecule has 0 N–H and O–H groups in total. The van der Waals surface area contributed by atoms with E-state index in [0.717, 1.165) is 12.2 Å². The molecule has 0 saturated heterocycles. The van der Waals surface area contributed by atoms with Crippen molar-refractivity contribution in [1.29, 1.82) is 0 Å². The fourth-order valence-electron chi connectivity index (χ4n) is 0.679. The fourth-order valence-corrected chi connectivity index (χ4v) is 3.78. The Morgan fingerprint density at radius 1 is 0.857 bits per heavy atom. The van der Waals surface area contributed by atoms with E-state index < -0.39 is 52.3 Å². The van der Waals surface area contributed by atoms with Crippen LogP contribution in [0.2, 0.25) is 19.8 Å². The summed E-state index contributed by atoms with van der Waals surface area (Å²) < 4.78 is 10.00. The van der Waals surface area contributed by atoms with E-state index in [9.17, 15) is 9.59 Å². The first kappa shape index (κ1) is 14.3. The SMILES string of the molecule is [CH3][SnH]([CH3])[O]C(=O)/C=C\C(=O)[O][SnH]([CH3])[CH3]. The monoisotopic (exact) mass is 416 g/mol. The predicted molar refractivity (Wildman–Crippen MR) is 59.1 cm³/mol. The maximum atomic E-state index is 11.0. The molecular formula is C8H16O4Sn2. The number of carbonyl (C=O) groups excluding carboxylic acids is 2. The molecule has 0 aliphatic rings. The fraction of sp³-hybridized carbons (Fsp3) is 0.500. The van der Waals surface area contributed by atoms with Crippen LogP contribution in [0.4, 0.5) is 0 Å². The number of hydrogen-bond donors (Lipinski definition) is 0. The van der Waals surface area contributed by atoms with Gasteiger partial charge in [0.05, 0.1) is 0 Å². The van der Waals surface area contributed by atoms with Crippen LogP contribution in [0.1, 0.15) is 0 Å². The molecule has 0 bridgehead atoms. The summed E-state index contributed by atoms with van der Waals surface area (Å²) >= 11 is -3.93. The van der Waals surface area contributed by atoms with E-state index in [1.54, 1.807) is 0 Å². The average molecular weight is 414 g/mol. The van der Waals surface area contributed by atoms with E-state index in [2.05, 4.69) is 0 Å². The molecule has 0 rings (SSSR count). The summed E-state index contributed by atoms with van der Waals surface area (Å²) in [6, 6.07) is 0. The van der Waals surface area contributed by atoms with Crippen molar-refractivity contribution in [1.82, 2.24) is 0 Å². The normalized spacial score (nSPS) is 11.0. The second-order valence-electron chi connectivity index (χ2n) is 3.30. The van der Waals surface area contributed by atoms with Crippen molar-refractivity contribution in [2.75, 3.05) is 0 Å². The standard InChI is InChI=1S/C4H4O4.4CH3.2Sn.2H/c5-3(6)1-2-4(7)8;;;;;;;;/h1-2H,(H,5,6)(H,7,8);4*1H3;;;;/q;;;;;2*+1;;/p-2/b2-1-;;;;;;;;. The van der Waals surface area contributed by atoms with Gasteiger partial charge in [-0.1, -0.05) is 0 Å².